The largest absolute Gasteiger partial charge is 0.469 e. The Kier molecular flexibility index (Phi) is 4.16. The molecule has 0 spiro atoms. The number of carbonyl (C=O) groups excluding carboxylic acids is 1. The van der Waals surface area contributed by atoms with E-state index in [0.717, 1.165) is 11.3 Å². The van der Waals surface area contributed by atoms with Gasteiger partial charge in [0.15, 0.2) is 5.78 Å². The average Bonchev–Trinajstić information content (AvgIpc) is 3.24. The Labute approximate surface area is 149 Å². The summed E-state index contributed by atoms with van der Waals surface area (Å²) >= 11 is 0. The monoisotopic (exact) mass is 351 g/mol. The molecule has 2 heterocycles. The Bertz CT molecular complexity index is 896. The van der Waals surface area contributed by atoms with Crippen LogP contribution < -0.4 is 0 Å². The molecule has 2 aliphatic rings. The fourth-order valence-electron chi connectivity index (χ4n) is 3.63. The quantitative estimate of drug-likeness (QED) is 0.615. The van der Waals surface area contributed by atoms with Crippen molar-refractivity contribution in [1.29, 1.82) is 0 Å². The number of carbonyl (C=O) groups is 1. The van der Waals surface area contributed by atoms with E-state index in [9.17, 15) is 14.9 Å². The molecule has 26 heavy (non-hydrogen) atoms. The first-order chi connectivity index (χ1) is 12.6. The molecule has 0 bridgehead atoms. The van der Waals surface area contributed by atoms with Crippen LogP contribution in [0.4, 0.5) is 0 Å². The zero-order valence-corrected chi connectivity index (χ0v) is 14.0. The first-order valence-corrected chi connectivity index (χ1v) is 8.47. The maximum Gasteiger partial charge on any atom is 0.218 e. The van der Waals surface area contributed by atoms with Crippen molar-refractivity contribution in [3.63, 3.8) is 0 Å². The van der Waals surface area contributed by atoms with E-state index in [1.807, 2.05) is 36.4 Å². The number of nitrogens with zero attached hydrogens (tertiary/aromatic N) is 1. The molecule has 0 saturated heterocycles. The normalized spacial score (nSPS) is 23.8. The van der Waals surface area contributed by atoms with Crippen LogP contribution in [0.3, 0.4) is 0 Å². The predicted octanol–water partition coefficient (Wildman–Crippen LogP) is 3.94. The van der Waals surface area contributed by atoms with E-state index in [0.29, 0.717) is 23.5 Å². The highest BCUT2D eigenvalue weighted by Gasteiger charge is 2.44. The molecule has 0 N–H and O–H groups in total. The van der Waals surface area contributed by atoms with Crippen molar-refractivity contribution in [2.75, 3.05) is 6.54 Å². The molecule has 4 rings (SSSR count). The summed E-state index contributed by atoms with van der Waals surface area (Å²) in [5, 5.41) is 11.2. The number of rotatable bonds is 4. The lowest BCUT2D eigenvalue weighted by atomic mass is 9.81. The lowest BCUT2D eigenvalue weighted by Crippen LogP contribution is -2.23. The van der Waals surface area contributed by atoms with E-state index < -0.39 is 10.8 Å². The van der Waals surface area contributed by atoms with Gasteiger partial charge in [-0.2, -0.15) is 0 Å². The van der Waals surface area contributed by atoms with Crippen molar-refractivity contribution < 1.29 is 18.9 Å². The molecule has 1 aliphatic carbocycles. The lowest BCUT2D eigenvalue weighted by molar-refractivity contribution is -0.484. The van der Waals surface area contributed by atoms with Crippen LogP contribution in [0.2, 0.25) is 0 Å². The van der Waals surface area contributed by atoms with Crippen LogP contribution in [0.1, 0.15) is 30.1 Å². The van der Waals surface area contributed by atoms with Crippen LogP contribution in [-0.4, -0.2) is 17.3 Å². The second-order valence-corrected chi connectivity index (χ2v) is 6.51. The van der Waals surface area contributed by atoms with Crippen molar-refractivity contribution >= 4 is 11.9 Å². The van der Waals surface area contributed by atoms with Gasteiger partial charge in [-0.1, -0.05) is 30.3 Å². The zero-order valence-electron chi connectivity index (χ0n) is 14.0. The highest BCUT2D eigenvalue weighted by Crippen LogP contribution is 2.45. The minimum absolute atomic E-state index is 0.0939. The van der Waals surface area contributed by atoms with E-state index in [4.69, 9.17) is 9.15 Å². The minimum atomic E-state index is -0.634. The number of allylic oxidation sites excluding steroid dienone is 1. The summed E-state index contributed by atoms with van der Waals surface area (Å²) in [6, 6.07) is 13.1. The topological polar surface area (TPSA) is 82.6 Å². The van der Waals surface area contributed by atoms with Crippen molar-refractivity contribution in [3.05, 3.63) is 87.3 Å². The molecule has 6 heteroatoms. The third-order valence-electron chi connectivity index (χ3n) is 4.78. The minimum Gasteiger partial charge on any atom is -0.469 e. The van der Waals surface area contributed by atoms with E-state index in [1.165, 1.54) is 0 Å². The third kappa shape index (κ3) is 3.06. The Morgan fingerprint density at radius 3 is 2.65 bits per heavy atom. The Hall–Kier alpha value is -3.15. The molecular formula is C20H17NO5. The van der Waals surface area contributed by atoms with Gasteiger partial charge in [0.1, 0.15) is 23.2 Å². The van der Waals surface area contributed by atoms with Crippen LogP contribution >= 0.6 is 0 Å². The summed E-state index contributed by atoms with van der Waals surface area (Å²) in [5.74, 6) is 0.910. The standard InChI is InChI=1S/C20H17NO5/c22-16-10-14(17-7-4-8-25-17)11-19-20(16)15(12-21(23)24)18(26-19)9-13-5-2-1-3-6-13/h1-9,14-15H,10-12H2/b18-9-/t14?,15-/m1/s1. The summed E-state index contributed by atoms with van der Waals surface area (Å²) in [5.41, 5.74) is 1.33. The highest BCUT2D eigenvalue weighted by atomic mass is 16.6. The highest BCUT2D eigenvalue weighted by molar-refractivity contribution is 5.99. The second-order valence-electron chi connectivity index (χ2n) is 6.51. The van der Waals surface area contributed by atoms with Crippen molar-refractivity contribution in [2.24, 2.45) is 5.92 Å². The molecule has 1 aliphatic heterocycles. The predicted molar refractivity (Wildman–Crippen MR) is 93.6 cm³/mol. The van der Waals surface area contributed by atoms with Gasteiger partial charge in [0, 0.05) is 23.7 Å². The number of furan rings is 1. The van der Waals surface area contributed by atoms with Crippen LogP contribution in [0, 0.1) is 16.0 Å². The van der Waals surface area contributed by atoms with Crippen molar-refractivity contribution in [1.82, 2.24) is 0 Å². The molecule has 0 saturated carbocycles. The summed E-state index contributed by atoms with van der Waals surface area (Å²) in [6.45, 7) is -0.353. The average molecular weight is 351 g/mol. The van der Waals surface area contributed by atoms with Gasteiger partial charge in [0.2, 0.25) is 6.54 Å². The Balaban J connectivity index is 1.68. The molecule has 1 aromatic heterocycles. The van der Waals surface area contributed by atoms with Gasteiger partial charge in [-0.3, -0.25) is 14.9 Å². The van der Waals surface area contributed by atoms with Gasteiger partial charge in [-0.05, 0) is 23.8 Å². The summed E-state index contributed by atoms with van der Waals surface area (Å²) in [7, 11) is 0. The molecule has 2 atom stereocenters. The third-order valence-corrected chi connectivity index (χ3v) is 4.78. The number of benzene rings is 1. The molecule has 2 aromatic rings. The van der Waals surface area contributed by atoms with Crippen LogP contribution in [0.25, 0.3) is 6.08 Å². The van der Waals surface area contributed by atoms with Crippen molar-refractivity contribution in [2.45, 2.75) is 18.8 Å². The van der Waals surface area contributed by atoms with E-state index in [-0.39, 0.29) is 24.7 Å². The first-order valence-electron chi connectivity index (χ1n) is 8.47. The van der Waals surface area contributed by atoms with E-state index in [1.54, 1.807) is 18.4 Å². The summed E-state index contributed by atoms with van der Waals surface area (Å²) < 4.78 is 11.4. The van der Waals surface area contributed by atoms with Crippen LogP contribution in [0.5, 0.6) is 0 Å². The van der Waals surface area contributed by atoms with E-state index in [2.05, 4.69) is 0 Å². The van der Waals surface area contributed by atoms with Crippen LogP contribution in [0.15, 0.2) is 70.2 Å². The number of hydrogen-bond donors (Lipinski definition) is 0. The van der Waals surface area contributed by atoms with Gasteiger partial charge in [0.05, 0.1) is 11.8 Å². The Morgan fingerprint density at radius 1 is 1.15 bits per heavy atom. The zero-order chi connectivity index (χ0) is 18.1. The number of nitro groups is 1. The molecule has 1 unspecified atom stereocenters. The fraction of sp³-hybridized carbons (Fsp3) is 0.250. The van der Waals surface area contributed by atoms with E-state index >= 15 is 0 Å². The van der Waals surface area contributed by atoms with Gasteiger partial charge in [0.25, 0.3) is 0 Å². The maximum absolute atomic E-state index is 12.7. The molecular weight excluding hydrogens is 334 g/mol. The number of Topliss-reactive ketones (excluding diaryl/α,β-unsaturated/α-hetero) is 1. The Morgan fingerprint density at radius 2 is 1.96 bits per heavy atom. The lowest BCUT2D eigenvalue weighted by Gasteiger charge is -2.20. The molecule has 0 radical (unpaired) electrons. The molecule has 1 aromatic carbocycles. The summed E-state index contributed by atoms with van der Waals surface area (Å²) in [6.07, 6.45) is 4.15. The molecule has 0 fully saturated rings. The maximum atomic E-state index is 12.7. The number of ether oxygens (including phenoxy) is 1. The van der Waals surface area contributed by atoms with Crippen molar-refractivity contribution in [3.8, 4) is 0 Å². The second kappa shape index (κ2) is 6.63. The molecule has 0 amide bonds. The smallest absolute Gasteiger partial charge is 0.218 e. The van der Waals surface area contributed by atoms with Gasteiger partial charge >= 0.3 is 0 Å². The first kappa shape index (κ1) is 16.3. The fourth-order valence-corrected chi connectivity index (χ4v) is 3.63. The summed E-state index contributed by atoms with van der Waals surface area (Å²) in [4.78, 5) is 23.5. The van der Waals surface area contributed by atoms with Gasteiger partial charge in [-0.25, -0.2) is 0 Å². The molecule has 6 nitrogen and oxygen atoms in total. The van der Waals surface area contributed by atoms with Gasteiger partial charge in [-0.15, -0.1) is 0 Å². The molecule has 132 valence electrons. The number of hydrogen-bond acceptors (Lipinski definition) is 5. The van der Waals surface area contributed by atoms with Gasteiger partial charge < -0.3 is 9.15 Å². The van der Waals surface area contributed by atoms with Crippen LogP contribution in [-0.2, 0) is 9.53 Å². The number of ketones is 1. The SMILES string of the molecule is O=C1CC(c2ccco2)CC2=C1[C@H](C[N+](=O)[O-])/C(=C/c1ccccc1)O2.